The molecule has 2 fully saturated rings. The van der Waals surface area contributed by atoms with Crippen LogP contribution in [-0.2, 0) is 16.0 Å². The third-order valence-electron chi connectivity index (χ3n) is 9.76. The summed E-state index contributed by atoms with van der Waals surface area (Å²) in [7, 11) is 1.67. The zero-order valence-corrected chi connectivity index (χ0v) is 26.2. The highest BCUT2D eigenvalue weighted by atomic mass is 16.5. The van der Waals surface area contributed by atoms with Gasteiger partial charge in [-0.1, -0.05) is 42.5 Å². The van der Waals surface area contributed by atoms with Crippen molar-refractivity contribution in [1.82, 2.24) is 9.88 Å². The predicted octanol–water partition coefficient (Wildman–Crippen LogP) is 7.17. The molecule has 3 aromatic carbocycles. The largest absolute Gasteiger partial charge is 0.493 e. The van der Waals surface area contributed by atoms with Gasteiger partial charge in [0.1, 0.15) is 5.72 Å². The van der Waals surface area contributed by atoms with Gasteiger partial charge in [-0.3, -0.25) is 9.78 Å². The van der Waals surface area contributed by atoms with Crippen molar-refractivity contribution in [1.29, 1.82) is 0 Å². The molecule has 1 aliphatic heterocycles. The Kier molecular flexibility index (Phi) is 7.74. The van der Waals surface area contributed by atoms with E-state index in [0.717, 1.165) is 54.4 Å². The maximum atomic E-state index is 15.4. The molecule has 2 N–H and O–H groups in total. The summed E-state index contributed by atoms with van der Waals surface area (Å²) >= 11 is 0. The maximum Gasteiger partial charge on any atom is 0.233 e. The molecule has 1 amide bonds. The minimum absolute atomic E-state index is 0.00286. The first-order valence-corrected chi connectivity index (χ1v) is 16.0. The number of fused-ring (bicyclic) bond motifs is 3. The number of nitrogens with zero attached hydrogens (tertiary/aromatic N) is 2. The van der Waals surface area contributed by atoms with Crippen LogP contribution in [0.2, 0.25) is 0 Å². The molecule has 7 rings (SSSR count). The number of aromatic nitrogens is 1. The molecule has 1 saturated heterocycles. The number of ether oxygens (including phenoxy) is 3. The van der Waals surface area contributed by atoms with Crippen LogP contribution in [0.1, 0.15) is 85.2 Å². The Morgan fingerprint density at radius 1 is 0.933 bits per heavy atom. The molecular weight excluding hydrogens is 562 g/mol. The summed E-state index contributed by atoms with van der Waals surface area (Å²) in [5.41, 5.74) is 11.4. The number of benzene rings is 3. The van der Waals surface area contributed by atoms with E-state index in [1.54, 1.807) is 19.5 Å². The van der Waals surface area contributed by atoms with Gasteiger partial charge in [0.2, 0.25) is 5.91 Å². The molecule has 0 spiro atoms. The normalized spacial score (nSPS) is 21.6. The quantitative estimate of drug-likeness (QED) is 0.215. The number of amides is 1. The van der Waals surface area contributed by atoms with Gasteiger partial charge in [0, 0.05) is 30.4 Å². The molecule has 1 aromatic heterocycles. The number of nitrogens with two attached hydrogens (primary N) is 1. The number of pyridine rings is 1. The number of anilines is 1. The number of hydrogen-bond acceptors (Lipinski definition) is 6. The van der Waals surface area contributed by atoms with Crippen molar-refractivity contribution in [2.75, 3.05) is 12.8 Å². The van der Waals surface area contributed by atoms with Crippen molar-refractivity contribution in [3.8, 4) is 11.5 Å². The van der Waals surface area contributed by atoms with E-state index in [1.165, 1.54) is 5.56 Å². The van der Waals surface area contributed by atoms with Gasteiger partial charge in [0.25, 0.3) is 0 Å². The van der Waals surface area contributed by atoms with E-state index in [2.05, 4.69) is 41.4 Å². The SMILES string of the molecule is COc1ccc([C@@H](c2cccc(N)c2)C(C(=O)N2[C@H]3c4ccccc4CC3OC2(C)C)c2ccncc2)cc1OC1CCCC1. The molecule has 3 aliphatic rings. The van der Waals surface area contributed by atoms with Crippen LogP contribution < -0.4 is 15.2 Å². The topological polar surface area (TPSA) is 86.9 Å². The lowest BCUT2D eigenvalue weighted by Crippen LogP contribution is -2.48. The van der Waals surface area contributed by atoms with Gasteiger partial charge in [-0.2, -0.15) is 0 Å². The molecular formula is C38H41N3O4. The van der Waals surface area contributed by atoms with E-state index in [0.29, 0.717) is 17.2 Å². The first-order chi connectivity index (χ1) is 21.8. The number of carbonyl (C=O) groups excluding carboxylic acids is 1. The molecule has 4 aromatic rings. The fourth-order valence-corrected chi connectivity index (χ4v) is 7.81. The van der Waals surface area contributed by atoms with E-state index < -0.39 is 11.6 Å². The molecule has 7 nitrogen and oxygen atoms in total. The summed E-state index contributed by atoms with van der Waals surface area (Å²) in [5.74, 6) is 0.398. The number of rotatable bonds is 8. The number of nitrogen functional groups attached to an aromatic ring is 1. The third kappa shape index (κ3) is 5.44. The van der Waals surface area contributed by atoms with Gasteiger partial charge < -0.3 is 24.8 Å². The van der Waals surface area contributed by atoms with E-state index >= 15 is 4.79 Å². The summed E-state index contributed by atoms with van der Waals surface area (Å²) in [6.07, 6.45) is 8.73. The fourth-order valence-electron chi connectivity index (χ4n) is 7.81. The number of carbonyl (C=O) groups is 1. The van der Waals surface area contributed by atoms with Gasteiger partial charge in [0.05, 0.1) is 31.3 Å². The Morgan fingerprint density at radius 2 is 1.69 bits per heavy atom. The van der Waals surface area contributed by atoms with Crippen molar-refractivity contribution < 1.29 is 19.0 Å². The zero-order valence-electron chi connectivity index (χ0n) is 26.2. The maximum absolute atomic E-state index is 15.4. The second-order valence-electron chi connectivity index (χ2n) is 13.0. The zero-order chi connectivity index (χ0) is 31.1. The molecule has 0 radical (unpaired) electrons. The Balaban J connectivity index is 1.39. The first kappa shape index (κ1) is 29.4. The van der Waals surface area contributed by atoms with Gasteiger partial charge in [-0.25, -0.2) is 0 Å². The molecule has 4 atom stereocenters. The third-order valence-corrected chi connectivity index (χ3v) is 9.76. The molecule has 7 heteroatoms. The van der Waals surface area contributed by atoms with Crippen LogP contribution in [0.3, 0.4) is 0 Å². The number of methoxy groups -OCH3 is 1. The molecule has 2 aliphatic carbocycles. The van der Waals surface area contributed by atoms with Crippen molar-refractivity contribution in [2.45, 2.75) is 81.8 Å². The van der Waals surface area contributed by atoms with E-state index in [1.807, 2.05) is 61.2 Å². The van der Waals surface area contributed by atoms with Crippen LogP contribution >= 0.6 is 0 Å². The van der Waals surface area contributed by atoms with E-state index in [4.69, 9.17) is 19.9 Å². The first-order valence-electron chi connectivity index (χ1n) is 16.0. The fraction of sp³-hybridized carbons (Fsp3) is 0.368. The van der Waals surface area contributed by atoms with Crippen LogP contribution in [0.4, 0.5) is 5.69 Å². The van der Waals surface area contributed by atoms with Crippen LogP contribution in [0, 0.1) is 0 Å². The van der Waals surface area contributed by atoms with Crippen molar-refractivity contribution in [2.24, 2.45) is 0 Å². The lowest BCUT2D eigenvalue weighted by atomic mass is 9.76. The lowest BCUT2D eigenvalue weighted by molar-refractivity contribution is -0.149. The Labute approximate surface area is 265 Å². The molecule has 45 heavy (non-hydrogen) atoms. The minimum Gasteiger partial charge on any atom is -0.493 e. The lowest BCUT2D eigenvalue weighted by Gasteiger charge is -2.39. The molecule has 2 unspecified atom stereocenters. The molecule has 0 bridgehead atoms. The minimum atomic E-state index is -0.803. The summed E-state index contributed by atoms with van der Waals surface area (Å²) in [5, 5.41) is 0. The van der Waals surface area contributed by atoms with Crippen LogP contribution in [0.5, 0.6) is 11.5 Å². The standard InChI is InChI=1S/C38H41N3O4/c1-38(2)41(36-30-14-7-4-9-25(30)22-33(36)45-38)37(42)35(24-17-19-40-20-18-24)34(26-10-8-11-28(39)21-26)27-15-16-31(43-3)32(23-27)44-29-12-5-6-13-29/h4,7-11,14-21,23,29,33-36H,5-6,12-13,22,39H2,1-3H3/t33?,34-,35?,36+/m1/s1. The summed E-state index contributed by atoms with van der Waals surface area (Å²) in [4.78, 5) is 21.7. The van der Waals surface area contributed by atoms with E-state index in [-0.39, 0.29) is 30.1 Å². The van der Waals surface area contributed by atoms with Crippen molar-refractivity contribution in [3.05, 3.63) is 119 Å². The summed E-state index contributed by atoms with van der Waals surface area (Å²) in [6, 6.07) is 26.1. The van der Waals surface area contributed by atoms with Crippen LogP contribution in [0.25, 0.3) is 0 Å². The van der Waals surface area contributed by atoms with Gasteiger partial charge in [0.15, 0.2) is 11.5 Å². The Morgan fingerprint density at radius 3 is 2.44 bits per heavy atom. The summed E-state index contributed by atoms with van der Waals surface area (Å²) < 4.78 is 18.9. The van der Waals surface area contributed by atoms with Crippen molar-refractivity contribution in [3.63, 3.8) is 0 Å². The van der Waals surface area contributed by atoms with Crippen LogP contribution in [0.15, 0.2) is 91.3 Å². The average Bonchev–Trinajstić information content (AvgIpc) is 3.74. The predicted molar refractivity (Wildman–Crippen MR) is 174 cm³/mol. The van der Waals surface area contributed by atoms with Crippen LogP contribution in [-0.4, -0.2) is 40.8 Å². The van der Waals surface area contributed by atoms with Gasteiger partial charge in [-0.05, 0) is 104 Å². The second kappa shape index (κ2) is 11.9. The summed E-state index contributed by atoms with van der Waals surface area (Å²) in [6.45, 7) is 4.01. The molecule has 1 saturated carbocycles. The highest BCUT2D eigenvalue weighted by Gasteiger charge is 2.55. The average molecular weight is 604 g/mol. The van der Waals surface area contributed by atoms with E-state index in [9.17, 15) is 0 Å². The Hall–Kier alpha value is -4.36. The highest BCUT2D eigenvalue weighted by Crippen LogP contribution is 2.52. The number of hydrogen-bond donors (Lipinski definition) is 1. The molecule has 2 heterocycles. The smallest absolute Gasteiger partial charge is 0.233 e. The Bertz CT molecular complexity index is 1680. The molecule has 232 valence electrons. The van der Waals surface area contributed by atoms with Gasteiger partial charge >= 0.3 is 0 Å². The van der Waals surface area contributed by atoms with Crippen molar-refractivity contribution >= 4 is 11.6 Å². The van der Waals surface area contributed by atoms with Gasteiger partial charge in [-0.15, -0.1) is 0 Å². The highest BCUT2D eigenvalue weighted by molar-refractivity contribution is 5.87. The second-order valence-corrected chi connectivity index (χ2v) is 13.0. The monoisotopic (exact) mass is 603 g/mol.